The lowest BCUT2D eigenvalue weighted by Crippen LogP contribution is -2.37. The Morgan fingerprint density at radius 2 is 2.06 bits per heavy atom. The monoisotopic (exact) mass is 219 g/mol. The summed E-state index contributed by atoms with van der Waals surface area (Å²) >= 11 is 0. The minimum Gasteiger partial charge on any atom is -0.497 e. The Hall–Kier alpha value is -1.18. The maximum Gasteiger partial charge on any atom is 0.119 e. The standard InChI is InChI=1S/C14H21NO/c1-9-6-11(16-5)7-12-10(2)8-14(3,4)15-13(9)12/h6-7,10,15H,8H2,1-5H3. The number of fused-ring (bicyclic) bond motifs is 1. The largest absolute Gasteiger partial charge is 0.497 e. The molecule has 1 N–H and O–H groups in total. The number of benzene rings is 1. The Morgan fingerprint density at radius 3 is 2.69 bits per heavy atom. The summed E-state index contributed by atoms with van der Waals surface area (Å²) in [5.74, 6) is 1.55. The van der Waals surface area contributed by atoms with Crippen molar-refractivity contribution in [3.05, 3.63) is 23.3 Å². The van der Waals surface area contributed by atoms with Gasteiger partial charge >= 0.3 is 0 Å². The third kappa shape index (κ3) is 1.89. The van der Waals surface area contributed by atoms with Gasteiger partial charge in [-0.2, -0.15) is 0 Å². The highest BCUT2D eigenvalue weighted by molar-refractivity contribution is 5.64. The lowest BCUT2D eigenvalue weighted by Gasteiger charge is -2.38. The molecule has 1 aliphatic heterocycles. The topological polar surface area (TPSA) is 21.3 Å². The van der Waals surface area contributed by atoms with Crippen molar-refractivity contribution in [2.75, 3.05) is 12.4 Å². The van der Waals surface area contributed by atoms with E-state index < -0.39 is 0 Å². The molecule has 0 bridgehead atoms. The highest BCUT2D eigenvalue weighted by atomic mass is 16.5. The maximum absolute atomic E-state index is 5.33. The predicted molar refractivity (Wildman–Crippen MR) is 68.5 cm³/mol. The van der Waals surface area contributed by atoms with Gasteiger partial charge in [-0.3, -0.25) is 0 Å². The second kappa shape index (κ2) is 3.69. The molecule has 2 nitrogen and oxygen atoms in total. The molecule has 0 radical (unpaired) electrons. The minimum absolute atomic E-state index is 0.186. The summed E-state index contributed by atoms with van der Waals surface area (Å²) in [5.41, 5.74) is 4.14. The number of hydrogen-bond donors (Lipinski definition) is 1. The smallest absolute Gasteiger partial charge is 0.119 e. The summed E-state index contributed by atoms with van der Waals surface area (Å²) in [6.45, 7) is 8.95. The molecule has 0 spiro atoms. The van der Waals surface area contributed by atoms with Crippen molar-refractivity contribution < 1.29 is 4.74 Å². The summed E-state index contributed by atoms with van der Waals surface area (Å²) in [4.78, 5) is 0. The summed E-state index contributed by atoms with van der Waals surface area (Å²) in [5, 5.41) is 3.63. The second-order valence-corrected chi connectivity index (χ2v) is 5.52. The molecule has 0 aliphatic carbocycles. The van der Waals surface area contributed by atoms with Crippen molar-refractivity contribution in [3.8, 4) is 5.75 Å². The van der Waals surface area contributed by atoms with Crippen molar-refractivity contribution in [1.82, 2.24) is 0 Å². The van der Waals surface area contributed by atoms with Gasteiger partial charge in [0.1, 0.15) is 5.75 Å². The van der Waals surface area contributed by atoms with E-state index in [4.69, 9.17) is 4.74 Å². The lowest BCUT2D eigenvalue weighted by molar-refractivity contribution is 0.410. The van der Waals surface area contributed by atoms with E-state index in [1.165, 1.54) is 16.8 Å². The molecular formula is C14H21NO. The zero-order valence-corrected chi connectivity index (χ0v) is 10.8. The highest BCUT2D eigenvalue weighted by Gasteiger charge is 2.30. The minimum atomic E-state index is 0.186. The summed E-state index contributed by atoms with van der Waals surface area (Å²) < 4.78 is 5.33. The van der Waals surface area contributed by atoms with Gasteiger partial charge in [-0.05, 0) is 56.4 Å². The zero-order chi connectivity index (χ0) is 11.9. The molecule has 0 saturated carbocycles. The van der Waals surface area contributed by atoms with Crippen LogP contribution in [0.15, 0.2) is 12.1 Å². The third-order valence-corrected chi connectivity index (χ3v) is 3.39. The normalized spacial score (nSPS) is 22.2. The molecule has 1 aliphatic rings. The van der Waals surface area contributed by atoms with Crippen LogP contribution in [0.3, 0.4) is 0 Å². The fourth-order valence-electron chi connectivity index (χ4n) is 2.72. The van der Waals surface area contributed by atoms with Gasteiger partial charge in [0.25, 0.3) is 0 Å². The van der Waals surface area contributed by atoms with Crippen LogP contribution in [-0.4, -0.2) is 12.6 Å². The molecule has 1 atom stereocenters. The molecule has 88 valence electrons. The van der Waals surface area contributed by atoms with Gasteiger partial charge in [-0.15, -0.1) is 0 Å². The average Bonchev–Trinajstić information content (AvgIpc) is 2.18. The molecule has 2 heteroatoms. The molecule has 16 heavy (non-hydrogen) atoms. The first kappa shape index (κ1) is 11.3. The molecule has 2 rings (SSSR count). The molecular weight excluding hydrogens is 198 g/mol. The number of rotatable bonds is 1. The Balaban J connectivity index is 2.52. The first-order valence-corrected chi connectivity index (χ1v) is 5.89. The number of nitrogens with one attached hydrogen (secondary N) is 1. The fourth-order valence-corrected chi connectivity index (χ4v) is 2.72. The van der Waals surface area contributed by atoms with Gasteiger partial charge in [0.05, 0.1) is 7.11 Å². The van der Waals surface area contributed by atoms with E-state index in [0.29, 0.717) is 5.92 Å². The van der Waals surface area contributed by atoms with Gasteiger partial charge in [0, 0.05) is 11.2 Å². The van der Waals surface area contributed by atoms with Gasteiger partial charge < -0.3 is 10.1 Å². The average molecular weight is 219 g/mol. The van der Waals surface area contributed by atoms with Crippen LogP contribution in [0.4, 0.5) is 5.69 Å². The van der Waals surface area contributed by atoms with E-state index >= 15 is 0 Å². The Kier molecular flexibility index (Phi) is 2.61. The lowest BCUT2D eigenvalue weighted by atomic mass is 9.81. The van der Waals surface area contributed by atoms with Crippen LogP contribution in [0.5, 0.6) is 5.75 Å². The number of aryl methyl sites for hydroxylation is 1. The first-order valence-electron chi connectivity index (χ1n) is 5.89. The van der Waals surface area contributed by atoms with Gasteiger partial charge in [0.15, 0.2) is 0 Å². The SMILES string of the molecule is COc1cc(C)c2c(c1)C(C)CC(C)(C)N2. The third-order valence-electron chi connectivity index (χ3n) is 3.39. The van der Waals surface area contributed by atoms with Crippen molar-refractivity contribution in [1.29, 1.82) is 0 Å². The summed E-state index contributed by atoms with van der Waals surface area (Å²) in [6.07, 6.45) is 1.16. The van der Waals surface area contributed by atoms with E-state index in [2.05, 4.69) is 45.1 Å². The summed E-state index contributed by atoms with van der Waals surface area (Å²) in [7, 11) is 1.73. The zero-order valence-electron chi connectivity index (χ0n) is 10.8. The maximum atomic E-state index is 5.33. The first-order chi connectivity index (χ1) is 7.43. The van der Waals surface area contributed by atoms with Crippen LogP contribution in [0.2, 0.25) is 0 Å². The van der Waals surface area contributed by atoms with Crippen LogP contribution in [0.25, 0.3) is 0 Å². The molecule has 0 fully saturated rings. The fraction of sp³-hybridized carbons (Fsp3) is 0.571. The Labute approximate surface area is 98.0 Å². The van der Waals surface area contributed by atoms with Crippen molar-refractivity contribution >= 4 is 5.69 Å². The van der Waals surface area contributed by atoms with E-state index in [1.807, 2.05) is 0 Å². The number of anilines is 1. The van der Waals surface area contributed by atoms with Gasteiger partial charge in [-0.1, -0.05) is 6.92 Å². The number of ether oxygens (including phenoxy) is 1. The van der Waals surface area contributed by atoms with Crippen LogP contribution in [-0.2, 0) is 0 Å². The number of hydrogen-bond acceptors (Lipinski definition) is 2. The molecule has 0 saturated heterocycles. The molecule has 0 aromatic heterocycles. The molecule has 1 heterocycles. The van der Waals surface area contributed by atoms with Crippen LogP contribution >= 0.6 is 0 Å². The Morgan fingerprint density at radius 1 is 1.38 bits per heavy atom. The van der Waals surface area contributed by atoms with Crippen molar-refractivity contribution in [2.45, 2.75) is 45.6 Å². The Bertz CT molecular complexity index is 409. The van der Waals surface area contributed by atoms with Crippen molar-refractivity contribution in [3.63, 3.8) is 0 Å². The van der Waals surface area contributed by atoms with E-state index in [9.17, 15) is 0 Å². The van der Waals surface area contributed by atoms with Crippen molar-refractivity contribution in [2.24, 2.45) is 0 Å². The van der Waals surface area contributed by atoms with Gasteiger partial charge in [-0.25, -0.2) is 0 Å². The molecule has 1 unspecified atom stereocenters. The molecule has 1 aromatic carbocycles. The molecule has 1 aromatic rings. The quantitative estimate of drug-likeness (QED) is 0.777. The van der Waals surface area contributed by atoms with Gasteiger partial charge in [0.2, 0.25) is 0 Å². The van der Waals surface area contributed by atoms with Crippen LogP contribution in [0.1, 0.15) is 44.2 Å². The van der Waals surface area contributed by atoms with Crippen LogP contribution < -0.4 is 10.1 Å². The number of methoxy groups -OCH3 is 1. The molecule has 0 amide bonds. The van der Waals surface area contributed by atoms with E-state index in [1.54, 1.807) is 7.11 Å². The highest BCUT2D eigenvalue weighted by Crippen LogP contribution is 2.42. The second-order valence-electron chi connectivity index (χ2n) is 5.52. The van der Waals surface area contributed by atoms with E-state index in [0.717, 1.165) is 12.2 Å². The summed E-state index contributed by atoms with van der Waals surface area (Å²) in [6, 6.07) is 4.26. The predicted octanol–water partition coefficient (Wildman–Crippen LogP) is 3.70. The van der Waals surface area contributed by atoms with Crippen LogP contribution in [0, 0.1) is 6.92 Å². The van der Waals surface area contributed by atoms with E-state index in [-0.39, 0.29) is 5.54 Å².